The lowest BCUT2D eigenvalue weighted by Crippen LogP contribution is -2.42. The number of rotatable bonds is 7. The minimum Gasteiger partial charge on any atom is -0.396 e. The van der Waals surface area contributed by atoms with Crippen LogP contribution in [0.4, 0.5) is 0 Å². The van der Waals surface area contributed by atoms with Gasteiger partial charge in [-0.25, -0.2) is 0 Å². The van der Waals surface area contributed by atoms with E-state index in [0.717, 1.165) is 32.0 Å². The minimum absolute atomic E-state index is 0.301. The Morgan fingerprint density at radius 2 is 2.29 bits per heavy atom. The van der Waals surface area contributed by atoms with Crippen molar-refractivity contribution in [3.63, 3.8) is 0 Å². The van der Waals surface area contributed by atoms with Gasteiger partial charge < -0.3 is 5.11 Å². The average molecular weight is 237 g/mol. The van der Waals surface area contributed by atoms with E-state index in [1.165, 1.54) is 25.0 Å². The van der Waals surface area contributed by atoms with Crippen LogP contribution in [0.2, 0.25) is 0 Å². The van der Waals surface area contributed by atoms with Gasteiger partial charge in [0, 0.05) is 51.1 Å². The molecule has 17 heavy (non-hydrogen) atoms. The first-order valence-corrected chi connectivity index (χ1v) is 6.63. The minimum atomic E-state index is 0.301. The molecule has 0 aromatic carbocycles. The molecule has 0 radical (unpaired) electrons. The van der Waals surface area contributed by atoms with Crippen LogP contribution in [-0.2, 0) is 13.5 Å². The van der Waals surface area contributed by atoms with E-state index in [0.29, 0.717) is 6.61 Å². The fraction of sp³-hybridized carbons (Fsp3) is 0.769. The third-order valence-corrected chi connectivity index (χ3v) is 3.77. The summed E-state index contributed by atoms with van der Waals surface area (Å²) in [5, 5.41) is 13.1. The van der Waals surface area contributed by atoms with E-state index in [9.17, 15) is 0 Å². The zero-order valence-corrected chi connectivity index (χ0v) is 10.7. The van der Waals surface area contributed by atoms with Crippen LogP contribution in [0, 0.1) is 0 Å². The standard InChI is InChI=1S/C13H23N3O/c1-15-12(6-8-14-15)7-10-16(9-3-11-17)13-4-2-5-13/h6,8,13,17H,2-5,7,9-11H2,1H3. The predicted octanol–water partition coefficient (Wildman–Crippen LogP) is 1.20. The molecule has 0 aliphatic heterocycles. The molecule has 1 aromatic rings. The van der Waals surface area contributed by atoms with Crippen LogP contribution in [0.25, 0.3) is 0 Å². The number of aliphatic hydroxyl groups is 1. The second-order valence-corrected chi connectivity index (χ2v) is 4.89. The number of aryl methyl sites for hydroxylation is 1. The summed E-state index contributed by atoms with van der Waals surface area (Å²) in [5.74, 6) is 0. The lowest BCUT2D eigenvalue weighted by Gasteiger charge is -2.37. The van der Waals surface area contributed by atoms with E-state index in [1.807, 2.05) is 17.9 Å². The molecule has 0 amide bonds. The lowest BCUT2D eigenvalue weighted by atomic mass is 9.91. The van der Waals surface area contributed by atoms with Crippen molar-refractivity contribution in [2.24, 2.45) is 7.05 Å². The van der Waals surface area contributed by atoms with E-state index in [4.69, 9.17) is 5.11 Å². The number of hydrogen-bond acceptors (Lipinski definition) is 3. The molecule has 0 spiro atoms. The van der Waals surface area contributed by atoms with Gasteiger partial charge in [0.25, 0.3) is 0 Å². The van der Waals surface area contributed by atoms with Gasteiger partial charge in [-0.1, -0.05) is 6.42 Å². The Labute approximate surface area is 103 Å². The van der Waals surface area contributed by atoms with Gasteiger partial charge in [-0.15, -0.1) is 0 Å². The average Bonchev–Trinajstić information content (AvgIpc) is 2.65. The summed E-state index contributed by atoms with van der Waals surface area (Å²) < 4.78 is 1.95. The summed E-state index contributed by atoms with van der Waals surface area (Å²) in [5.41, 5.74) is 1.29. The highest BCUT2D eigenvalue weighted by Crippen LogP contribution is 2.25. The summed E-state index contributed by atoms with van der Waals surface area (Å²) in [6.45, 7) is 2.41. The number of aromatic nitrogens is 2. The molecule has 1 saturated carbocycles. The van der Waals surface area contributed by atoms with Crippen molar-refractivity contribution in [1.29, 1.82) is 0 Å². The second-order valence-electron chi connectivity index (χ2n) is 4.89. The van der Waals surface area contributed by atoms with Gasteiger partial charge in [0.05, 0.1) is 0 Å². The van der Waals surface area contributed by atoms with Gasteiger partial charge >= 0.3 is 0 Å². The lowest BCUT2D eigenvalue weighted by molar-refractivity contribution is 0.117. The molecule has 96 valence electrons. The summed E-state index contributed by atoms with van der Waals surface area (Å²) in [6, 6.07) is 2.85. The third kappa shape index (κ3) is 3.30. The number of nitrogens with zero attached hydrogens (tertiary/aromatic N) is 3. The van der Waals surface area contributed by atoms with Crippen molar-refractivity contribution in [1.82, 2.24) is 14.7 Å². The molecule has 1 heterocycles. The van der Waals surface area contributed by atoms with Gasteiger partial charge in [0.2, 0.25) is 0 Å². The van der Waals surface area contributed by atoms with Gasteiger partial charge in [0.1, 0.15) is 0 Å². The Hall–Kier alpha value is -0.870. The Morgan fingerprint density at radius 1 is 1.47 bits per heavy atom. The normalized spacial score (nSPS) is 16.4. The van der Waals surface area contributed by atoms with Crippen molar-refractivity contribution in [2.75, 3.05) is 19.7 Å². The fourth-order valence-electron chi connectivity index (χ4n) is 2.41. The Morgan fingerprint density at radius 3 is 2.82 bits per heavy atom. The molecule has 1 fully saturated rings. The van der Waals surface area contributed by atoms with Crippen LogP contribution in [0.15, 0.2) is 12.3 Å². The van der Waals surface area contributed by atoms with Gasteiger partial charge in [-0.2, -0.15) is 5.10 Å². The predicted molar refractivity (Wildman–Crippen MR) is 67.8 cm³/mol. The Bertz CT molecular complexity index is 333. The topological polar surface area (TPSA) is 41.3 Å². The summed E-state index contributed by atoms with van der Waals surface area (Å²) >= 11 is 0. The summed E-state index contributed by atoms with van der Waals surface area (Å²) in [6.07, 6.45) is 7.83. The van der Waals surface area contributed by atoms with Crippen LogP contribution in [-0.4, -0.2) is 45.5 Å². The van der Waals surface area contributed by atoms with Crippen molar-refractivity contribution in [2.45, 2.75) is 38.1 Å². The van der Waals surface area contributed by atoms with E-state index < -0.39 is 0 Å². The molecule has 1 aromatic heterocycles. The molecule has 0 saturated heterocycles. The molecule has 4 heteroatoms. The van der Waals surface area contributed by atoms with E-state index in [1.54, 1.807) is 0 Å². The SMILES string of the molecule is Cn1nccc1CCN(CCCO)C1CCC1. The maximum atomic E-state index is 8.94. The smallest absolute Gasteiger partial charge is 0.0492 e. The molecule has 1 N–H and O–H groups in total. The van der Waals surface area contributed by atoms with Crippen molar-refractivity contribution >= 4 is 0 Å². The van der Waals surface area contributed by atoms with Gasteiger partial charge in [-0.05, 0) is 25.3 Å². The Kier molecular flexibility index (Phi) is 4.57. The molecular weight excluding hydrogens is 214 g/mol. The van der Waals surface area contributed by atoms with E-state index in [2.05, 4.69) is 16.1 Å². The number of aliphatic hydroxyl groups excluding tert-OH is 1. The molecule has 4 nitrogen and oxygen atoms in total. The van der Waals surface area contributed by atoms with Gasteiger partial charge in [-0.3, -0.25) is 9.58 Å². The summed E-state index contributed by atoms with van der Waals surface area (Å²) in [4.78, 5) is 2.53. The van der Waals surface area contributed by atoms with E-state index >= 15 is 0 Å². The second kappa shape index (κ2) is 6.17. The number of hydrogen-bond donors (Lipinski definition) is 1. The zero-order valence-electron chi connectivity index (χ0n) is 10.7. The first kappa shape index (κ1) is 12.6. The highest BCUT2D eigenvalue weighted by molar-refractivity contribution is 5.00. The Balaban J connectivity index is 1.82. The maximum Gasteiger partial charge on any atom is 0.0492 e. The van der Waals surface area contributed by atoms with Crippen LogP contribution in [0.1, 0.15) is 31.4 Å². The third-order valence-electron chi connectivity index (χ3n) is 3.77. The molecule has 0 unspecified atom stereocenters. The van der Waals surface area contributed by atoms with Crippen LogP contribution >= 0.6 is 0 Å². The van der Waals surface area contributed by atoms with Crippen molar-refractivity contribution in [3.8, 4) is 0 Å². The summed E-state index contributed by atoms with van der Waals surface area (Å²) in [7, 11) is 2.00. The zero-order chi connectivity index (χ0) is 12.1. The van der Waals surface area contributed by atoms with Crippen molar-refractivity contribution in [3.05, 3.63) is 18.0 Å². The molecule has 0 atom stereocenters. The first-order valence-electron chi connectivity index (χ1n) is 6.63. The van der Waals surface area contributed by atoms with Crippen LogP contribution < -0.4 is 0 Å². The molecule has 2 rings (SSSR count). The van der Waals surface area contributed by atoms with Crippen molar-refractivity contribution < 1.29 is 5.11 Å². The van der Waals surface area contributed by atoms with Crippen LogP contribution in [0.3, 0.4) is 0 Å². The highest BCUT2D eigenvalue weighted by Gasteiger charge is 2.24. The monoisotopic (exact) mass is 237 g/mol. The van der Waals surface area contributed by atoms with Crippen LogP contribution in [0.5, 0.6) is 0 Å². The maximum absolute atomic E-state index is 8.94. The quantitative estimate of drug-likeness (QED) is 0.775. The molecular formula is C13H23N3O. The highest BCUT2D eigenvalue weighted by atomic mass is 16.3. The largest absolute Gasteiger partial charge is 0.396 e. The molecule has 1 aliphatic rings. The molecule has 1 aliphatic carbocycles. The molecule has 0 bridgehead atoms. The van der Waals surface area contributed by atoms with Gasteiger partial charge in [0.15, 0.2) is 0 Å². The first-order chi connectivity index (χ1) is 8.31. The van der Waals surface area contributed by atoms with E-state index in [-0.39, 0.29) is 0 Å². The fourth-order valence-corrected chi connectivity index (χ4v) is 2.41.